The molecule has 0 aliphatic carbocycles. The van der Waals surface area contributed by atoms with E-state index in [9.17, 15) is 4.79 Å². The summed E-state index contributed by atoms with van der Waals surface area (Å²) in [6.45, 7) is 5.12. The molecule has 4 aromatic heterocycles. The lowest BCUT2D eigenvalue weighted by Gasteiger charge is -2.13. The standard InChI is InChI=1S/C19H21N7O2/c1-12(10-26-6-4-5-21-26)8-20-18(27)15-7-16(14-9-22-25(3)11-14)23-19-17(15)13(2)24-28-19/h4-7,9,11-12H,8,10H2,1-3H3,(H,20,27)/t12-/m1/s1. The van der Waals surface area contributed by atoms with Gasteiger partial charge in [0.15, 0.2) is 0 Å². The van der Waals surface area contributed by atoms with Crippen molar-refractivity contribution in [2.24, 2.45) is 13.0 Å². The van der Waals surface area contributed by atoms with Crippen LogP contribution in [0, 0.1) is 12.8 Å². The smallest absolute Gasteiger partial charge is 0.259 e. The van der Waals surface area contributed by atoms with E-state index in [1.54, 1.807) is 30.1 Å². The molecule has 9 heteroatoms. The Morgan fingerprint density at radius 1 is 1.36 bits per heavy atom. The lowest BCUT2D eigenvalue weighted by molar-refractivity contribution is 0.0948. The highest BCUT2D eigenvalue weighted by molar-refractivity contribution is 6.06. The number of nitrogens with one attached hydrogen (secondary N) is 1. The van der Waals surface area contributed by atoms with E-state index in [2.05, 4.69) is 32.6 Å². The molecule has 0 fully saturated rings. The van der Waals surface area contributed by atoms with Crippen LogP contribution < -0.4 is 5.32 Å². The Balaban J connectivity index is 1.59. The Bertz CT molecular complexity index is 1110. The van der Waals surface area contributed by atoms with E-state index in [1.807, 2.05) is 30.2 Å². The molecular formula is C19H21N7O2. The van der Waals surface area contributed by atoms with E-state index >= 15 is 0 Å². The zero-order valence-corrected chi connectivity index (χ0v) is 16.0. The van der Waals surface area contributed by atoms with Gasteiger partial charge in [0, 0.05) is 44.3 Å². The number of aromatic nitrogens is 6. The maximum absolute atomic E-state index is 13.0. The third kappa shape index (κ3) is 3.51. The van der Waals surface area contributed by atoms with Gasteiger partial charge in [0.25, 0.3) is 11.6 Å². The number of nitrogens with zero attached hydrogens (tertiary/aromatic N) is 6. The maximum Gasteiger partial charge on any atom is 0.259 e. The van der Waals surface area contributed by atoms with Crippen LogP contribution in [0.15, 0.2) is 41.4 Å². The molecule has 144 valence electrons. The van der Waals surface area contributed by atoms with Crippen LogP contribution in [-0.2, 0) is 13.6 Å². The molecule has 0 saturated carbocycles. The second kappa shape index (κ2) is 7.26. The summed E-state index contributed by atoms with van der Waals surface area (Å²) in [4.78, 5) is 17.4. The number of hydrogen-bond acceptors (Lipinski definition) is 6. The van der Waals surface area contributed by atoms with E-state index in [-0.39, 0.29) is 11.8 Å². The van der Waals surface area contributed by atoms with Crippen molar-refractivity contribution >= 4 is 17.0 Å². The van der Waals surface area contributed by atoms with Gasteiger partial charge < -0.3 is 9.84 Å². The fraction of sp³-hybridized carbons (Fsp3) is 0.316. The minimum absolute atomic E-state index is 0.184. The number of hydrogen-bond donors (Lipinski definition) is 1. The first-order valence-corrected chi connectivity index (χ1v) is 9.03. The van der Waals surface area contributed by atoms with Gasteiger partial charge in [-0.2, -0.15) is 10.2 Å². The fourth-order valence-electron chi connectivity index (χ4n) is 3.13. The molecule has 4 aromatic rings. The number of rotatable bonds is 6. The Morgan fingerprint density at radius 3 is 2.93 bits per heavy atom. The molecule has 1 amide bonds. The summed E-state index contributed by atoms with van der Waals surface area (Å²) >= 11 is 0. The zero-order valence-electron chi connectivity index (χ0n) is 16.0. The molecule has 28 heavy (non-hydrogen) atoms. The number of amides is 1. The summed E-state index contributed by atoms with van der Waals surface area (Å²) in [7, 11) is 1.83. The highest BCUT2D eigenvalue weighted by Crippen LogP contribution is 2.26. The van der Waals surface area contributed by atoms with Crippen molar-refractivity contribution in [1.29, 1.82) is 0 Å². The topological polar surface area (TPSA) is 104 Å². The van der Waals surface area contributed by atoms with Crippen molar-refractivity contribution in [3.8, 4) is 11.3 Å². The quantitative estimate of drug-likeness (QED) is 0.551. The second-order valence-electron chi connectivity index (χ2n) is 6.95. The monoisotopic (exact) mass is 379 g/mol. The first-order chi connectivity index (χ1) is 13.5. The van der Waals surface area contributed by atoms with Crippen LogP contribution in [0.3, 0.4) is 0 Å². The largest absolute Gasteiger partial charge is 0.352 e. The number of fused-ring (bicyclic) bond motifs is 1. The molecule has 9 nitrogen and oxygen atoms in total. The molecule has 0 aliphatic heterocycles. The Hall–Kier alpha value is -3.49. The Morgan fingerprint density at radius 2 is 2.21 bits per heavy atom. The second-order valence-corrected chi connectivity index (χ2v) is 6.95. The summed E-state index contributed by atoms with van der Waals surface area (Å²) in [5.74, 6) is 0.0405. The van der Waals surface area contributed by atoms with Gasteiger partial charge >= 0.3 is 0 Å². The van der Waals surface area contributed by atoms with Crippen LogP contribution in [0.5, 0.6) is 0 Å². The van der Waals surface area contributed by atoms with Gasteiger partial charge in [-0.1, -0.05) is 12.1 Å². The predicted octanol–water partition coefficient (Wildman–Crippen LogP) is 2.19. The van der Waals surface area contributed by atoms with Crippen LogP contribution in [-0.4, -0.2) is 42.2 Å². The minimum atomic E-state index is -0.184. The van der Waals surface area contributed by atoms with Crippen LogP contribution in [0.25, 0.3) is 22.4 Å². The number of carbonyl (C=O) groups is 1. The van der Waals surface area contributed by atoms with Crippen molar-refractivity contribution in [1.82, 2.24) is 35.0 Å². The van der Waals surface area contributed by atoms with Gasteiger partial charge in [-0.3, -0.25) is 14.2 Å². The molecule has 0 spiro atoms. The van der Waals surface area contributed by atoms with E-state index in [0.29, 0.717) is 34.6 Å². The van der Waals surface area contributed by atoms with Gasteiger partial charge in [-0.15, -0.1) is 0 Å². The summed E-state index contributed by atoms with van der Waals surface area (Å²) in [6, 6.07) is 3.64. The lowest BCUT2D eigenvalue weighted by Crippen LogP contribution is -2.30. The normalized spacial score (nSPS) is 12.4. The highest BCUT2D eigenvalue weighted by Gasteiger charge is 2.20. The molecule has 1 atom stereocenters. The average Bonchev–Trinajstić information content (AvgIpc) is 3.41. The Labute approximate surface area is 161 Å². The van der Waals surface area contributed by atoms with Crippen molar-refractivity contribution in [2.75, 3.05) is 6.54 Å². The maximum atomic E-state index is 13.0. The first-order valence-electron chi connectivity index (χ1n) is 9.03. The van der Waals surface area contributed by atoms with Crippen molar-refractivity contribution in [3.63, 3.8) is 0 Å². The number of aryl methyl sites for hydroxylation is 2. The summed E-state index contributed by atoms with van der Waals surface area (Å²) < 4.78 is 8.86. The third-order valence-electron chi connectivity index (χ3n) is 4.53. The predicted molar refractivity (Wildman–Crippen MR) is 102 cm³/mol. The number of pyridine rings is 1. The average molecular weight is 379 g/mol. The summed E-state index contributed by atoms with van der Waals surface area (Å²) in [6.07, 6.45) is 7.19. The first kappa shape index (κ1) is 17.9. The molecule has 4 heterocycles. The van der Waals surface area contributed by atoms with Gasteiger partial charge in [-0.25, -0.2) is 4.98 Å². The summed E-state index contributed by atoms with van der Waals surface area (Å²) in [5, 5.41) is 16.0. The van der Waals surface area contributed by atoms with E-state index in [0.717, 1.165) is 12.1 Å². The third-order valence-corrected chi connectivity index (χ3v) is 4.53. The minimum Gasteiger partial charge on any atom is -0.352 e. The van der Waals surface area contributed by atoms with Crippen LogP contribution in [0.1, 0.15) is 23.0 Å². The molecule has 0 saturated heterocycles. The van der Waals surface area contributed by atoms with Gasteiger partial charge in [0.05, 0.1) is 28.5 Å². The molecule has 0 aromatic carbocycles. The van der Waals surface area contributed by atoms with Gasteiger partial charge in [-0.05, 0) is 25.0 Å². The van der Waals surface area contributed by atoms with Crippen molar-refractivity contribution < 1.29 is 9.32 Å². The zero-order chi connectivity index (χ0) is 19.7. The number of carbonyl (C=O) groups excluding carboxylic acids is 1. The highest BCUT2D eigenvalue weighted by atomic mass is 16.5. The fourth-order valence-corrected chi connectivity index (χ4v) is 3.13. The van der Waals surface area contributed by atoms with Crippen molar-refractivity contribution in [2.45, 2.75) is 20.4 Å². The van der Waals surface area contributed by atoms with Crippen LogP contribution in [0.2, 0.25) is 0 Å². The molecule has 0 radical (unpaired) electrons. The van der Waals surface area contributed by atoms with E-state index in [4.69, 9.17) is 4.52 Å². The van der Waals surface area contributed by atoms with Gasteiger partial charge in [0.1, 0.15) is 0 Å². The molecule has 0 aliphatic rings. The van der Waals surface area contributed by atoms with Gasteiger partial charge in [0.2, 0.25) is 0 Å². The van der Waals surface area contributed by atoms with Crippen LogP contribution >= 0.6 is 0 Å². The molecule has 4 rings (SSSR count). The Kier molecular flexibility index (Phi) is 4.64. The summed E-state index contributed by atoms with van der Waals surface area (Å²) in [5.41, 5.74) is 2.89. The lowest BCUT2D eigenvalue weighted by atomic mass is 10.1. The molecule has 0 bridgehead atoms. The van der Waals surface area contributed by atoms with Crippen LogP contribution in [0.4, 0.5) is 0 Å². The molecular weight excluding hydrogens is 358 g/mol. The van der Waals surface area contributed by atoms with Crippen molar-refractivity contribution in [3.05, 3.63) is 48.2 Å². The molecule has 1 N–H and O–H groups in total. The molecule has 0 unspecified atom stereocenters. The van der Waals surface area contributed by atoms with E-state index < -0.39 is 0 Å². The van der Waals surface area contributed by atoms with E-state index in [1.165, 1.54) is 0 Å². The SMILES string of the molecule is Cc1noc2nc(-c3cnn(C)c3)cc(C(=O)NC[C@@H](C)Cn3cccn3)c12.